The van der Waals surface area contributed by atoms with Crippen LogP contribution in [0.2, 0.25) is 0 Å². The summed E-state index contributed by atoms with van der Waals surface area (Å²) >= 11 is 9.98. The molecule has 0 aliphatic heterocycles. The fraction of sp³-hybridized carbons (Fsp3) is 0.231. The van der Waals surface area contributed by atoms with Crippen molar-refractivity contribution in [3.63, 3.8) is 0 Å². The Bertz CT molecular complexity index is 803. The van der Waals surface area contributed by atoms with Crippen LogP contribution in [0.1, 0.15) is 13.8 Å². The lowest BCUT2D eigenvalue weighted by Gasteiger charge is -2.10. The Morgan fingerprint density at radius 2 is 1.48 bits per heavy atom. The Morgan fingerprint density at radius 3 is 1.92 bits per heavy atom. The summed E-state index contributed by atoms with van der Waals surface area (Å²) in [5, 5.41) is 14.2. The van der Waals surface area contributed by atoms with Crippen LogP contribution >= 0.6 is 24.4 Å². The molecule has 1 aromatic rings. The van der Waals surface area contributed by atoms with E-state index in [1.165, 1.54) is 24.3 Å². The third kappa shape index (κ3) is 7.51. The number of nitrogens with one attached hydrogen (secondary N) is 4. The van der Waals surface area contributed by atoms with Crippen LogP contribution in [0.4, 0.5) is 5.69 Å². The van der Waals surface area contributed by atoms with Gasteiger partial charge in [0.15, 0.2) is 10.2 Å². The highest BCUT2D eigenvalue weighted by atomic mass is 32.2. The number of anilines is 1. The summed E-state index contributed by atoms with van der Waals surface area (Å²) in [4.78, 5) is -0.315. The van der Waals surface area contributed by atoms with Crippen molar-refractivity contribution in [3.8, 4) is 0 Å². The molecule has 0 radical (unpaired) electrons. The van der Waals surface area contributed by atoms with Gasteiger partial charge in [-0.2, -0.15) is 10.2 Å². The predicted molar refractivity (Wildman–Crippen MR) is 105 cm³/mol. The third-order valence-corrected chi connectivity index (χ3v) is 4.14. The van der Waals surface area contributed by atoms with Crippen LogP contribution in [0.5, 0.6) is 0 Å². The summed E-state index contributed by atoms with van der Waals surface area (Å²) in [5.41, 5.74) is 6.94. The first-order valence-corrected chi connectivity index (χ1v) is 9.05. The van der Waals surface area contributed by atoms with E-state index in [-0.39, 0.29) is 10.0 Å². The fourth-order valence-electron chi connectivity index (χ4n) is 1.35. The molecule has 4 N–H and O–H groups in total. The minimum absolute atomic E-state index is 0.184. The maximum Gasteiger partial charge on any atom is 0.191 e. The lowest BCUT2D eigenvalue weighted by molar-refractivity contribution is 0.463. The van der Waals surface area contributed by atoms with Crippen molar-refractivity contribution in [2.75, 3.05) is 12.4 Å². The van der Waals surface area contributed by atoms with Crippen LogP contribution in [0.25, 0.3) is 0 Å². The standard InChI is InChI=1S/C13H18N6O3S3/c1-8(16-18-12(23)14-3)9(2)17-19-13(24)15-10-4-6-11(7-5-10)25(20,21)22/h4-7H,1-3H3,(H2,14,18,23)(H2,15,19,24)(H,20,21,22)/p-1/b16-8+,17-9+. The van der Waals surface area contributed by atoms with Gasteiger partial charge in [0.1, 0.15) is 10.1 Å². The second kappa shape index (κ2) is 9.36. The molecule has 0 spiro atoms. The maximum atomic E-state index is 10.9. The van der Waals surface area contributed by atoms with Crippen LogP contribution in [-0.2, 0) is 10.1 Å². The molecule has 0 aromatic heterocycles. The number of hydrazone groups is 2. The Balaban J connectivity index is 2.63. The molecule has 12 heteroatoms. The van der Waals surface area contributed by atoms with Gasteiger partial charge >= 0.3 is 0 Å². The molecule has 0 aliphatic rings. The van der Waals surface area contributed by atoms with Crippen molar-refractivity contribution in [1.82, 2.24) is 16.2 Å². The molecule has 0 unspecified atom stereocenters. The van der Waals surface area contributed by atoms with E-state index in [0.29, 0.717) is 22.2 Å². The van der Waals surface area contributed by atoms with Crippen molar-refractivity contribution in [1.29, 1.82) is 0 Å². The molecule has 0 amide bonds. The lowest BCUT2D eigenvalue weighted by Crippen LogP contribution is -2.30. The minimum Gasteiger partial charge on any atom is -0.744 e. The highest BCUT2D eigenvalue weighted by Gasteiger charge is 2.03. The fourth-order valence-corrected chi connectivity index (χ4v) is 2.03. The van der Waals surface area contributed by atoms with Gasteiger partial charge in [0.25, 0.3) is 0 Å². The van der Waals surface area contributed by atoms with Crippen molar-refractivity contribution in [2.24, 2.45) is 10.2 Å². The summed E-state index contributed by atoms with van der Waals surface area (Å²) in [6.07, 6.45) is 0. The van der Waals surface area contributed by atoms with Gasteiger partial charge in [0.2, 0.25) is 0 Å². The largest absolute Gasteiger partial charge is 0.744 e. The van der Waals surface area contributed by atoms with Crippen molar-refractivity contribution >= 4 is 61.9 Å². The maximum absolute atomic E-state index is 10.9. The van der Waals surface area contributed by atoms with Crippen LogP contribution in [0.3, 0.4) is 0 Å². The summed E-state index contributed by atoms with van der Waals surface area (Å²) in [6.45, 7) is 3.47. The Labute approximate surface area is 156 Å². The third-order valence-electron chi connectivity index (χ3n) is 2.80. The number of benzene rings is 1. The van der Waals surface area contributed by atoms with E-state index in [1.807, 2.05) is 0 Å². The molecule has 9 nitrogen and oxygen atoms in total. The molecular weight excluding hydrogens is 384 g/mol. The average molecular weight is 402 g/mol. The highest BCUT2D eigenvalue weighted by Crippen LogP contribution is 2.13. The SMILES string of the molecule is CNC(=S)N/N=C(C)/C(C)=N/NC(=S)Nc1ccc(S(=O)(=O)[O-])cc1. The van der Waals surface area contributed by atoms with E-state index >= 15 is 0 Å². The highest BCUT2D eigenvalue weighted by molar-refractivity contribution is 7.85. The van der Waals surface area contributed by atoms with Gasteiger partial charge in [0, 0.05) is 12.7 Å². The van der Waals surface area contributed by atoms with E-state index in [4.69, 9.17) is 24.4 Å². The van der Waals surface area contributed by atoms with Gasteiger partial charge in [-0.05, 0) is 62.5 Å². The smallest absolute Gasteiger partial charge is 0.191 e. The average Bonchev–Trinajstić information content (AvgIpc) is 2.56. The minimum atomic E-state index is -4.47. The molecule has 136 valence electrons. The molecular formula is C13H17N6O3S3-. The second-order valence-electron chi connectivity index (χ2n) is 4.63. The van der Waals surface area contributed by atoms with E-state index < -0.39 is 10.1 Å². The van der Waals surface area contributed by atoms with Gasteiger partial charge in [-0.1, -0.05) is 0 Å². The topological polar surface area (TPSA) is 130 Å². The molecule has 0 fully saturated rings. The molecule has 0 saturated heterocycles. The first-order valence-electron chi connectivity index (χ1n) is 6.83. The first kappa shape index (κ1) is 20.9. The molecule has 0 heterocycles. The van der Waals surface area contributed by atoms with E-state index in [0.717, 1.165) is 0 Å². The molecule has 1 aromatic carbocycles. The monoisotopic (exact) mass is 401 g/mol. The van der Waals surface area contributed by atoms with Gasteiger partial charge in [-0.25, -0.2) is 8.42 Å². The molecule has 0 saturated carbocycles. The number of hydrogen-bond donors (Lipinski definition) is 4. The number of thiocarbonyl (C=S) groups is 2. The van der Waals surface area contributed by atoms with Crippen LogP contribution < -0.4 is 21.5 Å². The summed E-state index contributed by atoms with van der Waals surface area (Å²) in [7, 11) is -2.80. The number of hydrogen-bond acceptors (Lipinski definition) is 7. The Kier molecular flexibility index (Phi) is 7.83. The van der Waals surface area contributed by atoms with Gasteiger partial charge in [-0.15, -0.1) is 0 Å². The molecule has 0 bridgehead atoms. The van der Waals surface area contributed by atoms with Crippen molar-refractivity contribution in [3.05, 3.63) is 24.3 Å². The second-order valence-corrected chi connectivity index (χ2v) is 6.83. The number of nitrogens with zero attached hydrogens (tertiary/aromatic N) is 2. The number of rotatable bonds is 5. The van der Waals surface area contributed by atoms with Crippen molar-refractivity contribution < 1.29 is 13.0 Å². The molecule has 0 atom stereocenters. The zero-order chi connectivity index (χ0) is 19.0. The van der Waals surface area contributed by atoms with Crippen molar-refractivity contribution in [2.45, 2.75) is 18.7 Å². The summed E-state index contributed by atoms with van der Waals surface area (Å²) in [6, 6.07) is 5.22. The lowest BCUT2D eigenvalue weighted by atomic mass is 10.3. The zero-order valence-electron chi connectivity index (χ0n) is 13.7. The van der Waals surface area contributed by atoms with Crippen LogP contribution in [0, 0.1) is 0 Å². The van der Waals surface area contributed by atoms with E-state index in [1.54, 1.807) is 20.9 Å². The van der Waals surface area contributed by atoms with Crippen LogP contribution in [-0.4, -0.2) is 41.7 Å². The zero-order valence-corrected chi connectivity index (χ0v) is 16.1. The molecule has 1 rings (SSSR count). The van der Waals surface area contributed by atoms with Gasteiger partial charge in [-0.3, -0.25) is 10.9 Å². The van der Waals surface area contributed by atoms with E-state index in [9.17, 15) is 13.0 Å². The Hall–Kier alpha value is -2.15. The molecule has 0 aliphatic carbocycles. The Morgan fingerprint density at radius 1 is 1.00 bits per heavy atom. The quantitative estimate of drug-likeness (QED) is 0.244. The summed E-state index contributed by atoms with van der Waals surface area (Å²) in [5.74, 6) is 0. The molecule has 25 heavy (non-hydrogen) atoms. The van der Waals surface area contributed by atoms with E-state index in [2.05, 4.69) is 31.7 Å². The van der Waals surface area contributed by atoms with Gasteiger partial charge < -0.3 is 15.2 Å². The first-order chi connectivity index (χ1) is 11.6. The normalized spacial score (nSPS) is 12.3. The predicted octanol–water partition coefficient (Wildman–Crippen LogP) is 0.723. The van der Waals surface area contributed by atoms with Gasteiger partial charge in [0.05, 0.1) is 16.3 Å². The van der Waals surface area contributed by atoms with Crippen LogP contribution in [0.15, 0.2) is 39.4 Å². The summed E-state index contributed by atoms with van der Waals surface area (Å²) < 4.78 is 32.6.